The normalized spacial score (nSPS) is 11.3. The Balaban J connectivity index is 0. The molecule has 0 bridgehead atoms. The van der Waals surface area contributed by atoms with E-state index in [1.807, 2.05) is 0 Å². The molecular formula is C7H15NO6. The molecule has 0 aromatic rings. The van der Waals surface area contributed by atoms with Crippen LogP contribution in [-0.2, 0) is 14.3 Å². The summed E-state index contributed by atoms with van der Waals surface area (Å²) in [7, 11) is 0. The zero-order chi connectivity index (χ0) is 10.3. The number of esters is 1. The average molecular weight is 209 g/mol. The lowest BCUT2D eigenvalue weighted by Crippen LogP contribution is -2.22. The maximum Gasteiger partial charge on any atom is 0.306 e. The zero-order valence-corrected chi connectivity index (χ0v) is 7.68. The Bertz CT molecular complexity index is 183. The monoisotopic (exact) mass is 209 g/mol. The van der Waals surface area contributed by atoms with Crippen molar-refractivity contribution in [1.82, 2.24) is 6.15 Å². The average Bonchev–Trinajstić information content (AvgIpc) is 2.10. The van der Waals surface area contributed by atoms with Crippen LogP contribution in [0.15, 0.2) is 0 Å². The molecule has 0 aromatic carbocycles. The largest absolute Gasteiger partial charge is 0.481 e. The molecule has 14 heavy (non-hydrogen) atoms. The van der Waals surface area contributed by atoms with E-state index in [9.17, 15) is 9.59 Å². The second kappa shape index (κ2) is 8.42. The topological polar surface area (TPSA) is 139 Å². The van der Waals surface area contributed by atoms with Crippen LogP contribution in [0.25, 0.3) is 0 Å². The highest BCUT2D eigenvalue weighted by molar-refractivity contribution is 5.76. The van der Waals surface area contributed by atoms with Crippen molar-refractivity contribution in [3.8, 4) is 0 Å². The van der Waals surface area contributed by atoms with Crippen LogP contribution in [0.2, 0.25) is 0 Å². The highest BCUT2D eigenvalue weighted by Gasteiger charge is 2.09. The third-order valence-corrected chi connectivity index (χ3v) is 1.19. The molecule has 1 unspecified atom stereocenters. The van der Waals surface area contributed by atoms with Crippen LogP contribution in [0, 0.1) is 0 Å². The van der Waals surface area contributed by atoms with E-state index < -0.39 is 24.6 Å². The van der Waals surface area contributed by atoms with Crippen molar-refractivity contribution in [3.05, 3.63) is 0 Å². The van der Waals surface area contributed by atoms with Gasteiger partial charge in [0.25, 0.3) is 0 Å². The molecule has 84 valence electrons. The van der Waals surface area contributed by atoms with Gasteiger partial charge in [0.05, 0.1) is 19.4 Å². The SMILES string of the molecule is N.O=C(O)CCC(=O)OCC(O)CO. The number of rotatable bonds is 6. The molecule has 0 rings (SSSR count). The Labute approximate surface area is 80.9 Å². The first-order valence-corrected chi connectivity index (χ1v) is 3.72. The van der Waals surface area contributed by atoms with Crippen molar-refractivity contribution in [3.63, 3.8) is 0 Å². The molecule has 0 heterocycles. The van der Waals surface area contributed by atoms with Gasteiger partial charge in [0.15, 0.2) is 0 Å². The number of carboxylic acid groups (broad SMARTS) is 1. The first kappa shape index (κ1) is 15.3. The number of aliphatic hydroxyl groups is 2. The van der Waals surface area contributed by atoms with Crippen LogP contribution in [0.3, 0.4) is 0 Å². The molecule has 6 N–H and O–H groups in total. The van der Waals surface area contributed by atoms with E-state index in [4.69, 9.17) is 15.3 Å². The van der Waals surface area contributed by atoms with Gasteiger partial charge >= 0.3 is 11.9 Å². The highest BCUT2D eigenvalue weighted by Crippen LogP contribution is 1.94. The molecule has 0 saturated heterocycles. The molecule has 0 aliphatic rings. The summed E-state index contributed by atoms with van der Waals surface area (Å²) in [6, 6.07) is 0. The second-order valence-electron chi connectivity index (χ2n) is 2.41. The maximum atomic E-state index is 10.7. The lowest BCUT2D eigenvalue weighted by atomic mass is 10.3. The van der Waals surface area contributed by atoms with E-state index in [-0.39, 0.29) is 25.6 Å². The summed E-state index contributed by atoms with van der Waals surface area (Å²) in [5.41, 5.74) is 0. The van der Waals surface area contributed by atoms with E-state index in [0.29, 0.717) is 0 Å². The van der Waals surface area contributed by atoms with Crippen molar-refractivity contribution in [2.75, 3.05) is 13.2 Å². The number of aliphatic carboxylic acids is 1. The zero-order valence-electron chi connectivity index (χ0n) is 7.68. The fraction of sp³-hybridized carbons (Fsp3) is 0.714. The molecule has 0 fully saturated rings. The van der Waals surface area contributed by atoms with Crippen LogP contribution in [-0.4, -0.2) is 46.6 Å². The first-order valence-electron chi connectivity index (χ1n) is 3.72. The third kappa shape index (κ3) is 8.91. The van der Waals surface area contributed by atoms with E-state index in [1.165, 1.54) is 0 Å². The predicted octanol–water partition coefficient (Wildman–Crippen LogP) is -1.09. The van der Waals surface area contributed by atoms with Gasteiger partial charge in [-0.2, -0.15) is 0 Å². The molecule has 0 aromatic heterocycles. The summed E-state index contributed by atoms with van der Waals surface area (Å²) in [4.78, 5) is 20.7. The fourth-order valence-corrected chi connectivity index (χ4v) is 0.523. The van der Waals surface area contributed by atoms with E-state index in [2.05, 4.69) is 4.74 Å². The lowest BCUT2D eigenvalue weighted by molar-refractivity contribution is -0.150. The Hall–Kier alpha value is -1.18. The van der Waals surface area contributed by atoms with Gasteiger partial charge in [-0.25, -0.2) is 0 Å². The highest BCUT2D eigenvalue weighted by atomic mass is 16.5. The van der Waals surface area contributed by atoms with E-state index in [1.54, 1.807) is 0 Å². The Kier molecular flexibility index (Phi) is 9.20. The van der Waals surface area contributed by atoms with Gasteiger partial charge in [-0.05, 0) is 0 Å². The summed E-state index contributed by atoms with van der Waals surface area (Å²) in [5.74, 6) is -1.78. The lowest BCUT2D eigenvalue weighted by Gasteiger charge is -2.07. The Morgan fingerprint density at radius 1 is 1.29 bits per heavy atom. The number of hydrogen-bond acceptors (Lipinski definition) is 6. The minimum Gasteiger partial charge on any atom is -0.481 e. The number of carbonyl (C=O) groups excluding carboxylic acids is 1. The molecule has 0 saturated carbocycles. The molecule has 0 radical (unpaired) electrons. The molecular weight excluding hydrogens is 194 g/mol. The molecule has 0 spiro atoms. The number of hydrogen-bond donors (Lipinski definition) is 4. The minimum atomic E-state index is -1.10. The molecule has 1 atom stereocenters. The summed E-state index contributed by atoms with van der Waals surface area (Å²) in [5, 5.41) is 25.3. The van der Waals surface area contributed by atoms with Gasteiger partial charge in [0.2, 0.25) is 0 Å². The molecule has 0 amide bonds. The molecule has 7 heteroatoms. The Morgan fingerprint density at radius 3 is 2.29 bits per heavy atom. The Morgan fingerprint density at radius 2 is 1.86 bits per heavy atom. The van der Waals surface area contributed by atoms with Crippen molar-refractivity contribution in [2.24, 2.45) is 0 Å². The maximum absolute atomic E-state index is 10.7. The van der Waals surface area contributed by atoms with Crippen LogP contribution >= 0.6 is 0 Å². The van der Waals surface area contributed by atoms with E-state index >= 15 is 0 Å². The van der Waals surface area contributed by atoms with Crippen molar-refractivity contribution in [2.45, 2.75) is 18.9 Å². The summed E-state index contributed by atoms with van der Waals surface area (Å²) in [6.07, 6.45) is -1.63. The molecule has 7 nitrogen and oxygen atoms in total. The number of carbonyl (C=O) groups is 2. The number of ether oxygens (including phenoxy) is 1. The van der Waals surface area contributed by atoms with Gasteiger partial charge < -0.3 is 26.2 Å². The first-order chi connectivity index (χ1) is 6.06. The van der Waals surface area contributed by atoms with E-state index in [0.717, 1.165) is 0 Å². The summed E-state index contributed by atoms with van der Waals surface area (Å²) >= 11 is 0. The fourth-order valence-electron chi connectivity index (χ4n) is 0.523. The van der Waals surface area contributed by atoms with Gasteiger partial charge in [-0.15, -0.1) is 0 Å². The predicted molar refractivity (Wildman–Crippen MR) is 45.9 cm³/mol. The second-order valence-corrected chi connectivity index (χ2v) is 2.41. The van der Waals surface area contributed by atoms with Gasteiger partial charge in [0.1, 0.15) is 12.7 Å². The van der Waals surface area contributed by atoms with Crippen LogP contribution in [0.1, 0.15) is 12.8 Å². The van der Waals surface area contributed by atoms with Crippen molar-refractivity contribution < 1.29 is 29.6 Å². The number of carboxylic acids is 1. The van der Waals surface area contributed by atoms with Gasteiger partial charge in [-0.1, -0.05) is 0 Å². The quantitative estimate of drug-likeness (QED) is 0.407. The van der Waals surface area contributed by atoms with Gasteiger partial charge in [-0.3, -0.25) is 9.59 Å². The molecule has 0 aliphatic heterocycles. The summed E-state index contributed by atoms with van der Waals surface area (Å²) < 4.78 is 4.43. The third-order valence-electron chi connectivity index (χ3n) is 1.19. The summed E-state index contributed by atoms with van der Waals surface area (Å²) in [6.45, 7) is -0.804. The van der Waals surface area contributed by atoms with Crippen molar-refractivity contribution in [1.29, 1.82) is 0 Å². The number of aliphatic hydroxyl groups excluding tert-OH is 2. The standard InChI is InChI=1S/C7H12O6.H3N/c8-3-5(9)4-13-7(12)2-1-6(10)11;/h5,8-9H,1-4H2,(H,10,11);1H3. The van der Waals surface area contributed by atoms with Crippen LogP contribution in [0.4, 0.5) is 0 Å². The smallest absolute Gasteiger partial charge is 0.306 e. The van der Waals surface area contributed by atoms with Crippen LogP contribution in [0.5, 0.6) is 0 Å². The van der Waals surface area contributed by atoms with Gasteiger partial charge in [0, 0.05) is 0 Å². The van der Waals surface area contributed by atoms with Crippen molar-refractivity contribution >= 4 is 11.9 Å². The van der Waals surface area contributed by atoms with Crippen LogP contribution < -0.4 is 6.15 Å². The minimum absolute atomic E-state index is 0. The molecule has 0 aliphatic carbocycles.